The first kappa shape index (κ1) is 19.5. The summed E-state index contributed by atoms with van der Waals surface area (Å²) in [6.07, 6.45) is 12.3. The van der Waals surface area contributed by atoms with E-state index in [0.29, 0.717) is 0 Å². The van der Waals surface area contributed by atoms with Crippen LogP contribution < -0.4 is 38.5 Å². The summed E-state index contributed by atoms with van der Waals surface area (Å²) < 4.78 is 8.31. The van der Waals surface area contributed by atoms with Gasteiger partial charge in [-0.25, -0.2) is 18.3 Å². The Morgan fingerprint density at radius 1 is 0.833 bits per heavy atom. The lowest BCUT2D eigenvalue weighted by Crippen LogP contribution is -3.00. The second-order valence-electron chi connectivity index (χ2n) is 3.82. The van der Waals surface area contributed by atoms with Gasteiger partial charge in [-0.15, -0.1) is 0 Å². The highest BCUT2D eigenvalue weighted by molar-refractivity contribution is 4.64. The van der Waals surface area contributed by atoms with Gasteiger partial charge in [0, 0.05) is 0 Å². The van der Waals surface area contributed by atoms with Crippen LogP contribution in [0.2, 0.25) is 0 Å². The standard InChI is InChI=1S/2C6H11N2.BrH.ClH/c2*1-3-8-5-4-7(2)6-8;;/h2*4-6H,3H2,1-2H3;2*1H/q2*+1;;/p-2. The van der Waals surface area contributed by atoms with E-state index in [-0.39, 0.29) is 29.4 Å². The highest BCUT2D eigenvalue weighted by Gasteiger charge is 1.92. The van der Waals surface area contributed by atoms with Gasteiger partial charge >= 0.3 is 0 Å². The first-order valence-corrected chi connectivity index (χ1v) is 5.67. The van der Waals surface area contributed by atoms with E-state index in [4.69, 9.17) is 0 Å². The number of hydrogen-bond donors (Lipinski definition) is 0. The molecule has 2 aromatic heterocycles. The monoisotopic (exact) mass is 336 g/mol. The van der Waals surface area contributed by atoms with Crippen LogP contribution in [-0.2, 0) is 27.2 Å². The maximum atomic E-state index is 2.12. The number of hydrogen-bond acceptors (Lipinski definition) is 0. The average Bonchev–Trinajstić information content (AvgIpc) is 2.88. The van der Waals surface area contributed by atoms with Crippen molar-refractivity contribution >= 4 is 0 Å². The molecule has 0 N–H and O–H groups in total. The zero-order valence-corrected chi connectivity index (χ0v) is 13.8. The Morgan fingerprint density at radius 2 is 1.17 bits per heavy atom. The van der Waals surface area contributed by atoms with Gasteiger partial charge in [0.2, 0.25) is 12.7 Å². The second-order valence-corrected chi connectivity index (χ2v) is 3.82. The fourth-order valence-corrected chi connectivity index (χ4v) is 1.38. The minimum atomic E-state index is 0. The Kier molecular flexibility index (Phi) is 11.0. The number of rotatable bonds is 2. The summed E-state index contributed by atoms with van der Waals surface area (Å²) in [5.41, 5.74) is 0. The SMILES string of the molecule is CCn1cc[n+](C)c1.CCn1cc[n+](C)c1.[Br-].[Cl-]. The molecule has 0 saturated carbocycles. The van der Waals surface area contributed by atoms with Crippen molar-refractivity contribution < 1.29 is 38.5 Å². The first-order chi connectivity index (χ1) is 7.65. The van der Waals surface area contributed by atoms with Gasteiger partial charge in [-0.1, -0.05) is 0 Å². The lowest BCUT2D eigenvalue weighted by molar-refractivity contribution is -0.671. The molecule has 18 heavy (non-hydrogen) atoms. The maximum absolute atomic E-state index is 2.12. The lowest BCUT2D eigenvalue weighted by atomic mass is 10.7. The molecule has 0 fully saturated rings. The van der Waals surface area contributed by atoms with Crippen molar-refractivity contribution in [2.24, 2.45) is 14.1 Å². The van der Waals surface area contributed by atoms with E-state index >= 15 is 0 Å². The smallest absolute Gasteiger partial charge is 0.243 e. The third kappa shape index (κ3) is 6.81. The van der Waals surface area contributed by atoms with Gasteiger partial charge in [0.25, 0.3) is 0 Å². The van der Waals surface area contributed by atoms with Crippen LogP contribution in [0.4, 0.5) is 0 Å². The van der Waals surface area contributed by atoms with Crippen molar-refractivity contribution in [3.63, 3.8) is 0 Å². The second kappa shape index (κ2) is 10.1. The van der Waals surface area contributed by atoms with Gasteiger partial charge in [-0.3, -0.25) is 0 Å². The fourth-order valence-electron chi connectivity index (χ4n) is 1.38. The molecule has 2 aromatic rings. The van der Waals surface area contributed by atoms with E-state index in [9.17, 15) is 0 Å². The predicted molar refractivity (Wildman–Crippen MR) is 62.6 cm³/mol. The molecule has 6 heteroatoms. The summed E-state index contributed by atoms with van der Waals surface area (Å²) in [7, 11) is 4.04. The van der Waals surface area contributed by atoms with Crippen LogP contribution in [0.15, 0.2) is 37.4 Å². The fraction of sp³-hybridized carbons (Fsp3) is 0.500. The lowest BCUT2D eigenvalue weighted by Gasteiger charge is -1.81. The minimum Gasteiger partial charge on any atom is -1.00 e. The number of nitrogens with zero attached hydrogens (tertiary/aromatic N) is 4. The van der Waals surface area contributed by atoms with Crippen LogP contribution >= 0.6 is 0 Å². The van der Waals surface area contributed by atoms with E-state index in [2.05, 4.69) is 48.0 Å². The third-order valence-corrected chi connectivity index (χ3v) is 2.38. The summed E-state index contributed by atoms with van der Waals surface area (Å²) in [6, 6.07) is 0. The van der Waals surface area contributed by atoms with Gasteiger partial charge in [0.05, 0.1) is 27.2 Å². The summed E-state index contributed by atoms with van der Waals surface area (Å²) in [5, 5.41) is 0. The van der Waals surface area contributed by atoms with Gasteiger partial charge in [-0.05, 0) is 13.8 Å². The molecule has 4 nitrogen and oxygen atoms in total. The minimum absolute atomic E-state index is 0. The van der Waals surface area contributed by atoms with Crippen LogP contribution in [0.25, 0.3) is 0 Å². The van der Waals surface area contributed by atoms with E-state index in [0.717, 1.165) is 13.1 Å². The largest absolute Gasteiger partial charge is 1.00 e. The molecule has 0 unspecified atom stereocenters. The molecule has 0 amide bonds. The zero-order chi connectivity index (χ0) is 12.0. The van der Waals surface area contributed by atoms with Gasteiger partial charge in [-0.2, -0.15) is 0 Å². The van der Waals surface area contributed by atoms with Crippen LogP contribution in [0.5, 0.6) is 0 Å². The molecule has 0 radical (unpaired) electrons. The Bertz CT molecular complexity index is 385. The molecule has 0 spiro atoms. The van der Waals surface area contributed by atoms with Crippen molar-refractivity contribution in [1.82, 2.24) is 9.13 Å². The van der Waals surface area contributed by atoms with Gasteiger partial charge in [0.15, 0.2) is 0 Å². The molecule has 2 heterocycles. The van der Waals surface area contributed by atoms with Crippen molar-refractivity contribution in [3.8, 4) is 0 Å². The number of aromatic nitrogens is 4. The molecule has 2 rings (SSSR count). The highest BCUT2D eigenvalue weighted by Crippen LogP contribution is 1.79. The van der Waals surface area contributed by atoms with Gasteiger partial charge < -0.3 is 29.4 Å². The normalized spacial score (nSPS) is 8.67. The first-order valence-electron chi connectivity index (χ1n) is 5.67. The third-order valence-electron chi connectivity index (χ3n) is 2.38. The molecule has 104 valence electrons. The Morgan fingerprint density at radius 3 is 1.28 bits per heavy atom. The number of imidazole rings is 2. The molecular formula is C12H22BrClN4. The van der Waals surface area contributed by atoms with Crippen molar-refractivity contribution in [3.05, 3.63) is 37.4 Å². The highest BCUT2D eigenvalue weighted by atomic mass is 79.9. The van der Waals surface area contributed by atoms with Crippen LogP contribution in [-0.4, -0.2) is 9.13 Å². The molecule has 0 aliphatic rings. The molecule has 0 bridgehead atoms. The summed E-state index contributed by atoms with van der Waals surface area (Å²) in [4.78, 5) is 0. The van der Waals surface area contributed by atoms with E-state index < -0.39 is 0 Å². The molecule has 0 saturated heterocycles. The average molecular weight is 338 g/mol. The molecule has 0 aliphatic carbocycles. The predicted octanol–water partition coefficient (Wildman–Crippen LogP) is -5.33. The van der Waals surface area contributed by atoms with Crippen LogP contribution in [0.1, 0.15) is 13.8 Å². The molecule has 0 aromatic carbocycles. The van der Waals surface area contributed by atoms with E-state index in [1.165, 1.54) is 0 Å². The molecule has 0 aliphatic heterocycles. The summed E-state index contributed by atoms with van der Waals surface area (Å²) >= 11 is 0. The number of aryl methyl sites for hydroxylation is 4. The Labute approximate surface area is 126 Å². The Hall–Kier alpha value is -0.810. The Balaban J connectivity index is 0. The summed E-state index contributed by atoms with van der Waals surface area (Å²) in [5.74, 6) is 0. The molecular weight excluding hydrogens is 316 g/mol. The zero-order valence-electron chi connectivity index (χ0n) is 11.4. The summed E-state index contributed by atoms with van der Waals surface area (Å²) in [6.45, 7) is 6.36. The maximum Gasteiger partial charge on any atom is 0.243 e. The topological polar surface area (TPSA) is 17.6 Å². The van der Waals surface area contributed by atoms with Crippen molar-refractivity contribution in [2.45, 2.75) is 26.9 Å². The van der Waals surface area contributed by atoms with Gasteiger partial charge in [0.1, 0.15) is 24.8 Å². The van der Waals surface area contributed by atoms with Crippen LogP contribution in [0.3, 0.4) is 0 Å². The van der Waals surface area contributed by atoms with Crippen molar-refractivity contribution in [1.29, 1.82) is 0 Å². The van der Waals surface area contributed by atoms with Crippen molar-refractivity contribution in [2.75, 3.05) is 0 Å². The quantitative estimate of drug-likeness (QED) is 0.487. The van der Waals surface area contributed by atoms with E-state index in [1.807, 2.05) is 35.6 Å². The van der Waals surface area contributed by atoms with Crippen LogP contribution in [0, 0.1) is 0 Å². The number of halogens is 2. The van der Waals surface area contributed by atoms with E-state index in [1.54, 1.807) is 0 Å². The molecule has 0 atom stereocenters.